The summed E-state index contributed by atoms with van der Waals surface area (Å²) < 4.78 is 11.7. The molecule has 0 aliphatic carbocycles. The van der Waals surface area contributed by atoms with Gasteiger partial charge in [0, 0.05) is 31.9 Å². The van der Waals surface area contributed by atoms with Gasteiger partial charge in [0.25, 0.3) is 0 Å². The lowest BCUT2D eigenvalue weighted by molar-refractivity contribution is -0.158. The molecule has 23 heavy (non-hydrogen) atoms. The highest BCUT2D eigenvalue weighted by Crippen LogP contribution is 2.24. The SMILES string of the molecule is O=C(CCO)N1CCOC2(COCCN(c3ncccn3)C2)C1. The summed E-state index contributed by atoms with van der Waals surface area (Å²) in [6.45, 7) is 3.57. The molecular weight excluding hydrogens is 300 g/mol. The minimum absolute atomic E-state index is 0.0538. The number of hydrogen-bond acceptors (Lipinski definition) is 7. The summed E-state index contributed by atoms with van der Waals surface area (Å²) in [6.07, 6.45) is 3.56. The normalized spacial score (nSPS) is 25.4. The Morgan fingerprint density at radius 2 is 2.09 bits per heavy atom. The number of anilines is 1. The molecule has 0 saturated carbocycles. The van der Waals surface area contributed by atoms with E-state index < -0.39 is 5.60 Å². The van der Waals surface area contributed by atoms with Crippen LogP contribution in [0.2, 0.25) is 0 Å². The summed E-state index contributed by atoms with van der Waals surface area (Å²) >= 11 is 0. The number of morpholine rings is 1. The Hall–Kier alpha value is -1.77. The number of rotatable bonds is 3. The highest BCUT2D eigenvalue weighted by atomic mass is 16.5. The van der Waals surface area contributed by atoms with Gasteiger partial charge in [-0.25, -0.2) is 9.97 Å². The van der Waals surface area contributed by atoms with Crippen molar-refractivity contribution in [1.82, 2.24) is 14.9 Å². The van der Waals surface area contributed by atoms with E-state index in [1.165, 1.54) is 0 Å². The van der Waals surface area contributed by atoms with Crippen molar-refractivity contribution in [3.63, 3.8) is 0 Å². The summed E-state index contributed by atoms with van der Waals surface area (Å²) in [7, 11) is 0. The van der Waals surface area contributed by atoms with Crippen LogP contribution in [0.3, 0.4) is 0 Å². The van der Waals surface area contributed by atoms with Crippen molar-refractivity contribution in [3.8, 4) is 0 Å². The fraction of sp³-hybridized carbons (Fsp3) is 0.667. The lowest BCUT2D eigenvalue weighted by Gasteiger charge is -2.43. The van der Waals surface area contributed by atoms with Gasteiger partial charge in [-0.15, -0.1) is 0 Å². The monoisotopic (exact) mass is 322 g/mol. The third kappa shape index (κ3) is 3.77. The molecule has 0 radical (unpaired) electrons. The molecule has 1 aromatic heterocycles. The maximum Gasteiger partial charge on any atom is 0.225 e. The largest absolute Gasteiger partial charge is 0.396 e. The molecule has 0 bridgehead atoms. The third-order valence-corrected chi connectivity index (χ3v) is 4.11. The highest BCUT2D eigenvalue weighted by molar-refractivity contribution is 5.76. The zero-order valence-corrected chi connectivity index (χ0v) is 13.1. The number of ether oxygens (including phenoxy) is 2. The van der Waals surface area contributed by atoms with Crippen molar-refractivity contribution in [3.05, 3.63) is 18.5 Å². The molecule has 0 aromatic carbocycles. The van der Waals surface area contributed by atoms with E-state index in [0.29, 0.717) is 51.9 Å². The van der Waals surface area contributed by atoms with E-state index in [9.17, 15) is 4.79 Å². The fourth-order valence-corrected chi connectivity index (χ4v) is 3.03. The van der Waals surface area contributed by atoms with Crippen molar-refractivity contribution in [2.24, 2.45) is 0 Å². The molecule has 2 fully saturated rings. The molecule has 1 atom stereocenters. The fourth-order valence-electron chi connectivity index (χ4n) is 3.03. The Morgan fingerprint density at radius 1 is 1.26 bits per heavy atom. The number of hydrogen-bond donors (Lipinski definition) is 1. The molecule has 8 nitrogen and oxygen atoms in total. The van der Waals surface area contributed by atoms with Crippen LogP contribution >= 0.6 is 0 Å². The van der Waals surface area contributed by atoms with Crippen molar-refractivity contribution in [2.45, 2.75) is 12.0 Å². The molecule has 3 heterocycles. The second kappa shape index (κ2) is 7.20. The second-order valence-electron chi connectivity index (χ2n) is 5.84. The number of amides is 1. The Bertz CT molecular complexity index is 529. The molecule has 8 heteroatoms. The van der Waals surface area contributed by atoms with Crippen LogP contribution < -0.4 is 4.90 Å². The Kier molecular flexibility index (Phi) is 5.04. The van der Waals surface area contributed by atoms with Gasteiger partial charge < -0.3 is 24.4 Å². The molecule has 1 amide bonds. The average molecular weight is 322 g/mol. The van der Waals surface area contributed by atoms with Gasteiger partial charge in [0.1, 0.15) is 5.60 Å². The van der Waals surface area contributed by atoms with E-state index in [-0.39, 0.29) is 18.9 Å². The molecule has 1 unspecified atom stereocenters. The van der Waals surface area contributed by atoms with Gasteiger partial charge in [-0.05, 0) is 6.07 Å². The maximum atomic E-state index is 12.1. The number of nitrogens with zero attached hydrogens (tertiary/aromatic N) is 4. The molecule has 2 aliphatic rings. The van der Waals surface area contributed by atoms with Crippen LogP contribution in [0.5, 0.6) is 0 Å². The molecule has 126 valence electrons. The molecule has 2 aliphatic heterocycles. The van der Waals surface area contributed by atoms with Gasteiger partial charge in [-0.3, -0.25) is 4.79 Å². The summed E-state index contributed by atoms with van der Waals surface area (Å²) in [4.78, 5) is 24.5. The van der Waals surface area contributed by atoms with Gasteiger partial charge >= 0.3 is 0 Å². The Morgan fingerprint density at radius 3 is 2.87 bits per heavy atom. The standard InChI is InChI=1S/C15H22N4O4/c20-7-2-13(21)18-6-9-23-15(10-18)11-19(5-8-22-12-15)14-16-3-1-4-17-14/h1,3-4,20H,2,5-12H2. The number of aliphatic hydroxyl groups excluding tert-OH is 1. The Labute approximate surface area is 135 Å². The van der Waals surface area contributed by atoms with Crippen LogP contribution in [-0.4, -0.2) is 84.1 Å². The lowest BCUT2D eigenvalue weighted by Crippen LogP contribution is -2.60. The zero-order valence-electron chi connectivity index (χ0n) is 13.1. The van der Waals surface area contributed by atoms with E-state index in [1.54, 1.807) is 23.4 Å². The summed E-state index contributed by atoms with van der Waals surface area (Å²) in [5, 5.41) is 8.98. The first-order valence-electron chi connectivity index (χ1n) is 7.85. The highest BCUT2D eigenvalue weighted by Gasteiger charge is 2.42. The topological polar surface area (TPSA) is 88.0 Å². The first-order valence-corrected chi connectivity index (χ1v) is 7.85. The van der Waals surface area contributed by atoms with Gasteiger partial charge in [0.15, 0.2) is 0 Å². The molecule has 2 saturated heterocycles. The summed E-state index contributed by atoms with van der Waals surface area (Å²) in [5.74, 6) is 0.585. The van der Waals surface area contributed by atoms with Crippen LogP contribution in [0.25, 0.3) is 0 Å². The second-order valence-corrected chi connectivity index (χ2v) is 5.84. The van der Waals surface area contributed by atoms with Crippen molar-refractivity contribution >= 4 is 11.9 Å². The third-order valence-electron chi connectivity index (χ3n) is 4.11. The molecule has 1 spiro atoms. The minimum Gasteiger partial charge on any atom is -0.396 e. The van der Waals surface area contributed by atoms with E-state index in [2.05, 4.69) is 9.97 Å². The van der Waals surface area contributed by atoms with E-state index >= 15 is 0 Å². The van der Waals surface area contributed by atoms with Crippen LogP contribution in [-0.2, 0) is 14.3 Å². The van der Waals surface area contributed by atoms with Crippen LogP contribution in [0.1, 0.15) is 6.42 Å². The van der Waals surface area contributed by atoms with E-state index in [0.717, 1.165) is 0 Å². The van der Waals surface area contributed by atoms with Gasteiger partial charge in [0.05, 0.1) is 39.5 Å². The van der Waals surface area contributed by atoms with E-state index in [4.69, 9.17) is 14.6 Å². The molecule has 3 rings (SSSR count). The molecule has 1 N–H and O–H groups in total. The van der Waals surface area contributed by atoms with Gasteiger partial charge in [-0.1, -0.05) is 0 Å². The zero-order chi connectivity index (χ0) is 16.1. The van der Waals surface area contributed by atoms with Gasteiger partial charge in [-0.2, -0.15) is 0 Å². The van der Waals surface area contributed by atoms with Gasteiger partial charge in [0.2, 0.25) is 11.9 Å². The molecular formula is C15H22N4O4. The predicted octanol–water partition coefficient (Wildman–Crippen LogP) is -0.707. The smallest absolute Gasteiger partial charge is 0.225 e. The minimum atomic E-state index is -0.584. The van der Waals surface area contributed by atoms with Crippen molar-refractivity contribution in [1.29, 1.82) is 0 Å². The quantitative estimate of drug-likeness (QED) is 0.787. The maximum absolute atomic E-state index is 12.1. The average Bonchev–Trinajstić information content (AvgIpc) is 2.79. The number of aliphatic hydroxyl groups is 1. The first-order chi connectivity index (χ1) is 11.2. The van der Waals surface area contributed by atoms with Crippen LogP contribution in [0.4, 0.5) is 5.95 Å². The summed E-state index contributed by atoms with van der Waals surface area (Å²) in [6, 6.07) is 1.78. The van der Waals surface area contributed by atoms with Crippen molar-refractivity contribution < 1.29 is 19.4 Å². The number of carbonyl (C=O) groups is 1. The first kappa shape index (κ1) is 16.1. The lowest BCUT2D eigenvalue weighted by atomic mass is 10.0. The number of carbonyl (C=O) groups excluding carboxylic acids is 1. The molecule has 1 aromatic rings. The summed E-state index contributed by atoms with van der Waals surface area (Å²) in [5.41, 5.74) is -0.584. The van der Waals surface area contributed by atoms with E-state index in [1.807, 2.05) is 4.90 Å². The van der Waals surface area contributed by atoms with Crippen molar-refractivity contribution in [2.75, 3.05) is 57.5 Å². The Balaban J connectivity index is 1.75. The predicted molar refractivity (Wildman–Crippen MR) is 82.0 cm³/mol. The van der Waals surface area contributed by atoms with Crippen LogP contribution in [0, 0.1) is 0 Å². The van der Waals surface area contributed by atoms with Crippen LogP contribution in [0.15, 0.2) is 18.5 Å². The number of aromatic nitrogens is 2.